The Bertz CT molecular complexity index is 297. The van der Waals surface area contributed by atoms with E-state index in [4.69, 9.17) is 16.3 Å². The van der Waals surface area contributed by atoms with Crippen LogP contribution in [0.1, 0.15) is 30.4 Å². The van der Waals surface area contributed by atoms with Crippen LogP contribution in [-0.4, -0.2) is 12.5 Å². The van der Waals surface area contributed by atoms with Crippen LogP contribution in [0.5, 0.6) is 5.75 Å². The van der Waals surface area contributed by atoms with E-state index in [1.807, 2.05) is 0 Å². The summed E-state index contributed by atoms with van der Waals surface area (Å²) in [4.78, 5) is 0. The molecule has 1 aromatic carbocycles. The Hall–Kier alpha value is -0.690. The van der Waals surface area contributed by atoms with Crippen LogP contribution in [0.15, 0.2) is 18.2 Å². The Morgan fingerprint density at radius 3 is 2.67 bits per heavy atom. The minimum Gasteiger partial charge on any atom is -0.493 e. The van der Waals surface area contributed by atoms with Crippen molar-refractivity contribution in [2.45, 2.75) is 33.1 Å². The average molecular weight is 227 g/mol. The molecule has 0 aliphatic carbocycles. The number of ether oxygens (including phenoxy) is 1. The molecule has 1 rings (SSSR count). The highest BCUT2D eigenvalue weighted by molar-refractivity contribution is 6.17. The molecule has 0 heterocycles. The van der Waals surface area contributed by atoms with Crippen LogP contribution in [0.2, 0.25) is 0 Å². The minimum atomic E-state index is 0.753. The van der Waals surface area contributed by atoms with Crippen molar-refractivity contribution in [1.82, 2.24) is 0 Å². The van der Waals surface area contributed by atoms with Gasteiger partial charge in [0.1, 0.15) is 5.75 Å². The predicted octanol–water partition coefficient (Wildman–Crippen LogP) is 4.09. The first-order chi connectivity index (χ1) is 7.24. The summed E-state index contributed by atoms with van der Waals surface area (Å²) in [5.74, 6) is 1.77. The van der Waals surface area contributed by atoms with Gasteiger partial charge in [-0.15, -0.1) is 11.6 Å². The van der Waals surface area contributed by atoms with E-state index in [-0.39, 0.29) is 0 Å². The van der Waals surface area contributed by atoms with Gasteiger partial charge in [-0.05, 0) is 50.3 Å². The second-order valence-corrected chi connectivity index (χ2v) is 4.25. The zero-order chi connectivity index (χ0) is 11.1. The highest BCUT2D eigenvalue weighted by Gasteiger charge is 1.99. The molecule has 0 unspecified atom stereocenters. The van der Waals surface area contributed by atoms with E-state index in [2.05, 4.69) is 32.0 Å². The maximum absolute atomic E-state index is 5.72. The van der Waals surface area contributed by atoms with E-state index < -0.39 is 0 Å². The van der Waals surface area contributed by atoms with Gasteiger partial charge in [-0.25, -0.2) is 0 Å². The summed E-state index contributed by atoms with van der Waals surface area (Å²) < 4.78 is 5.72. The molecule has 15 heavy (non-hydrogen) atoms. The molecule has 0 amide bonds. The van der Waals surface area contributed by atoms with Crippen molar-refractivity contribution >= 4 is 11.6 Å². The Morgan fingerprint density at radius 1 is 1.13 bits per heavy atom. The molecular weight excluding hydrogens is 208 g/mol. The second kappa shape index (κ2) is 6.73. The van der Waals surface area contributed by atoms with E-state index >= 15 is 0 Å². The van der Waals surface area contributed by atoms with Gasteiger partial charge in [0.2, 0.25) is 0 Å². The third kappa shape index (κ3) is 4.57. The van der Waals surface area contributed by atoms with Crippen LogP contribution in [0, 0.1) is 13.8 Å². The van der Waals surface area contributed by atoms with E-state index in [1.54, 1.807) is 0 Å². The van der Waals surface area contributed by atoms with Crippen molar-refractivity contribution in [1.29, 1.82) is 0 Å². The summed E-state index contributed by atoms with van der Waals surface area (Å²) in [5, 5.41) is 0. The standard InChI is InChI=1S/C13H19ClO/c1-11-6-7-12(2)13(10-11)15-9-5-3-4-8-14/h6-7,10H,3-5,8-9H2,1-2H3. The molecule has 0 fully saturated rings. The maximum Gasteiger partial charge on any atom is 0.122 e. The molecule has 0 N–H and O–H groups in total. The maximum atomic E-state index is 5.72. The lowest BCUT2D eigenvalue weighted by Gasteiger charge is -2.09. The Morgan fingerprint density at radius 2 is 1.93 bits per heavy atom. The number of unbranched alkanes of at least 4 members (excludes halogenated alkanes) is 2. The number of rotatable bonds is 6. The summed E-state index contributed by atoms with van der Waals surface area (Å²) in [5.41, 5.74) is 2.45. The van der Waals surface area contributed by atoms with Crippen LogP contribution in [-0.2, 0) is 0 Å². The first-order valence-electron chi connectivity index (χ1n) is 5.50. The van der Waals surface area contributed by atoms with E-state index in [0.717, 1.165) is 37.5 Å². The number of aryl methyl sites for hydroxylation is 2. The summed E-state index contributed by atoms with van der Waals surface area (Å²) in [6, 6.07) is 6.30. The topological polar surface area (TPSA) is 9.23 Å². The van der Waals surface area contributed by atoms with Crippen molar-refractivity contribution in [3.63, 3.8) is 0 Å². The summed E-state index contributed by atoms with van der Waals surface area (Å²) in [6.45, 7) is 4.95. The highest BCUT2D eigenvalue weighted by Crippen LogP contribution is 2.19. The molecule has 0 aliphatic heterocycles. The predicted molar refractivity (Wildman–Crippen MR) is 66.0 cm³/mol. The largest absolute Gasteiger partial charge is 0.493 e. The van der Waals surface area contributed by atoms with Crippen LogP contribution in [0.25, 0.3) is 0 Å². The highest BCUT2D eigenvalue weighted by atomic mass is 35.5. The minimum absolute atomic E-state index is 0.753. The first kappa shape index (κ1) is 12.4. The van der Waals surface area contributed by atoms with Gasteiger partial charge in [0.15, 0.2) is 0 Å². The van der Waals surface area contributed by atoms with Crippen LogP contribution >= 0.6 is 11.6 Å². The molecular formula is C13H19ClO. The molecule has 0 radical (unpaired) electrons. The molecule has 1 aromatic rings. The van der Waals surface area contributed by atoms with Crippen molar-refractivity contribution < 1.29 is 4.74 Å². The van der Waals surface area contributed by atoms with Crippen molar-refractivity contribution in [3.8, 4) is 5.75 Å². The molecule has 84 valence electrons. The quantitative estimate of drug-likeness (QED) is 0.525. The average Bonchev–Trinajstić information content (AvgIpc) is 2.23. The fourth-order valence-electron chi connectivity index (χ4n) is 1.42. The normalized spacial score (nSPS) is 10.3. The van der Waals surface area contributed by atoms with Gasteiger partial charge >= 0.3 is 0 Å². The zero-order valence-electron chi connectivity index (χ0n) is 9.55. The SMILES string of the molecule is Cc1ccc(C)c(OCCCCCCl)c1. The summed E-state index contributed by atoms with van der Waals surface area (Å²) in [6.07, 6.45) is 3.31. The van der Waals surface area contributed by atoms with Crippen LogP contribution in [0.4, 0.5) is 0 Å². The Kier molecular flexibility index (Phi) is 5.56. The van der Waals surface area contributed by atoms with Gasteiger partial charge in [0.25, 0.3) is 0 Å². The first-order valence-corrected chi connectivity index (χ1v) is 6.03. The third-order valence-corrected chi connectivity index (χ3v) is 2.65. The van der Waals surface area contributed by atoms with Crippen LogP contribution < -0.4 is 4.74 Å². The summed E-state index contributed by atoms with van der Waals surface area (Å²) >= 11 is 5.60. The second-order valence-electron chi connectivity index (χ2n) is 3.87. The number of halogens is 1. The van der Waals surface area contributed by atoms with Gasteiger partial charge < -0.3 is 4.74 Å². The molecule has 0 bridgehead atoms. The van der Waals surface area contributed by atoms with Gasteiger partial charge in [-0.1, -0.05) is 12.1 Å². The lowest BCUT2D eigenvalue weighted by atomic mass is 10.1. The zero-order valence-corrected chi connectivity index (χ0v) is 10.3. The molecule has 0 aromatic heterocycles. The third-order valence-electron chi connectivity index (χ3n) is 2.38. The van der Waals surface area contributed by atoms with Crippen molar-refractivity contribution in [2.75, 3.05) is 12.5 Å². The molecule has 0 aliphatic rings. The lowest BCUT2D eigenvalue weighted by molar-refractivity contribution is 0.304. The van der Waals surface area contributed by atoms with Crippen molar-refractivity contribution in [2.24, 2.45) is 0 Å². The van der Waals surface area contributed by atoms with E-state index in [1.165, 1.54) is 11.1 Å². The summed E-state index contributed by atoms with van der Waals surface area (Å²) in [7, 11) is 0. The number of hydrogen-bond donors (Lipinski definition) is 0. The smallest absolute Gasteiger partial charge is 0.122 e. The molecule has 0 atom stereocenters. The number of hydrogen-bond acceptors (Lipinski definition) is 1. The molecule has 0 saturated heterocycles. The Balaban J connectivity index is 2.33. The van der Waals surface area contributed by atoms with E-state index in [9.17, 15) is 0 Å². The van der Waals surface area contributed by atoms with Crippen LogP contribution in [0.3, 0.4) is 0 Å². The molecule has 1 nitrogen and oxygen atoms in total. The lowest BCUT2D eigenvalue weighted by Crippen LogP contribution is -1.99. The van der Waals surface area contributed by atoms with Gasteiger partial charge in [0, 0.05) is 5.88 Å². The Labute approximate surface area is 97.4 Å². The van der Waals surface area contributed by atoms with E-state index in [0.29, 0.717) is 0 Å². The van der Waals surface area contributed by atoms with Gasteiger partial charge in [-0.3, -0.25) is 0 Å². The van der Waals surface area contributed by atoms with Gasteiger partial charge in [-0.2, -0.15) is 0 Å². The number of alkyl halides is 1. The molecule has 2 heteroatoms. The number of benzene rings is 1. The molecule has 0 saturated carbocycles. The fourth-order valence-corrected chi connectivity index (χ4v) is 1.61. The monoisotopic (exact) mass is 226 g/mol. The van der Waals surface area contributed by atoms with Gasteiger partial charge in [0.05, 0.1) is 6.61 Å². The molecule has 0 spiro atoms. The van der Waals surface area contributed by atoms with Crippen molar-refractivity contribution in [3.05, 3.63) is 29.3 Å². The fraction of sp³-hybridized carbons (Fsp3) is 0.538.